The number of piperidine rings is 1. The van der Waals surface area contributed by atoms with E-state index in [-0.39, 0.29) is 6.61 Å². The third-order valence-electron chi connectivity index (χ3n) is 3.65. The Balaban J connectivity index is 2.24. The molecule has 1 aromatic carbocycles. The van der Waals surface area contributed by atoms with Crippen molar-refractivity contribution in [1.82, 2.24) is 0 Å². The molecular formula is C14H20N2O3. The number of rotatable bonds is 4. The van der Waals surface area contributed by atoms with Crippen LogP contribution in [0.5, 0.6) is 0 Å². The standard InChI is InChI=1S/C14H20N2O3/c15-11-3-4-12(14(18)19)13(8-11)16-6-1-2-10(9-16)5-7-17/h3-4,8,10,17H,1-2,5-7,9,15H2,(H,18,19). The summed E-state index contributed by atoms with van der Waals surface area (Å²) in [6.07, 6.45) is 2.86. The van der Waals surface area contributed by atoms with Crippen molar-refractivity contribution in [2.45, 2.75) is 19.3 Å². The molecule has 1 fully saturated rings. The number of hydrogen-bond acceptors (Lipinski definition) is 4. The highest BCUT2D eigenvalue weighted by atomic mass is 16.4. The number of aromatic carboxylic acids is 1. The Bertz CT molecular complexity index is 460. The fraction of sp³-hybridized carbons (Fsp3) is 0.500. The molecule has 0 spiro atoms. The lowest BCUT2D eigenvalue weighted by atomic mass is 9.94. The van der Waals surface area contributed by atoms with Crippen molar-refractivity contribution in [1.29, 1.82) is 0 Å². The van der Waals surface area contributed by atoms with Gasteiger partial charge in [0.05, 0.1) is 11.3 Å². The first-order valence-electron chi connectivity index (χ1n) is 6.60. The number of nitrogens with two attached hydrogens (primary N) is 1. The van der Waals surface area contributed by atoms with E-state index in [1.54, 1.807) is 18.2 Å². The molecule has 1 saturated heterocycles. The van der Waals surface area contributed by atoms with Crippen LogP contribution in [0.25, 0.3) is 0 Å². The summed E-state index contributed by atoms with van der Waals surface area (Å²) in [5.41, 5.74) is 7.32. The maximum atomic E-state index is 11.3. The van der Waals surface area contributed by atoms with Crippen LogP contribution >= 0.6 is 0 Å². The number of benzene rings is 1. The summed E-state index contributed by atoms with van der Waals surface area (Å²) in [5, 5.41) is 18.3. The molecule has 0 saturated carbocycles. The molecule has 104 valence electrons. The van der Waals surface area contributed by atoms with E-state index < -0.39 is 5.97 Å². The molecule has 1 atom stereocenters. The third kappa shape index (κ3) is 3.17. The van der Waals surface area contributed by atoms with Crippen LogP contribution in [-0.4, -0.2) is 35.9 Å². The molecule has 4 N–H and O–H groups in total. The summed E-state index contributed by atoms with van der Waals surface area (Å²) in [4.78, 5) is 13.3. The normalized spacial score (nSPS) is 19.4. The molecule has 1 heterocycles. The lowest BCUT2D eigenvalue weighted by molar-refractivity contribution is 0.0697. The zero-order valence-electron chi connectivity index (χ0n) is 10.9. The Labute approximate surface area is 112 Å². The molecule has 1 aromatic rings. The van der Waals surface area contributed by atoms with E-state index in [0.29, 0.717) is 22.9 Å². The number of anilines is 2. The van der Waals surface area contributed by atoms with Crippen molar-refractivity contribution < 1.29 is 15.0 Å². The first-order chi connectivity index (χ1) is 9.11. The van der Waals surface area contributed by atoms with Gasteiger partial charge in [-0.15, -0.1) is 0 Å². The second kappa shape index (κ2) is 5.93. The van der Waals surface area contributed by atoms with E-state index in [9.17, 15) is 9.90 Å². The van der Waals surface area contributed by atoms with Crippen LogP contribution in [0.1, 0.15) is 29.6 Å². The molecule has 0 amide bonds. The van der Waals surface area contributed by atoms with E-state index in [1.165, 1.54) is 0 Å². The van der Waals surface area contributed by atoms with Gasteiger partial charge >= 0.3 is 5.97 Å². The molecule has 5 heteroatoms. The monoisotopic (exact) mass is 264 g/mol. The van der Waals surface area contributed by atoms with Gasteiger partial charge in [0.1, 0.15) is 0 Å². The Morgan fingerprint density at radius 1 is 1.47 bits per heavy atom. The maximum absolute atomic E-state index is 11.3. The second-order valence-corrected chi connectivity index (χ2v) is 5.05. The van der Waals surface area contributed by atoms with Crippen LogP contribution in [0.2, 0.25) is 0 Å². The number of carbonyl (C=O) groups is 1. The van der Waals surface area contributed by atoms with Gasteiger partial charge in [0.25, 0.3) is 0 Å². The zero-order valence-corrected chi connectivity index (χ0v) is 10.9. The fourth-order valence-corrected chi connectivity index (χ4v) is 2.69. The molecule has 1 unspecified atom stereocenters. The molecule has 2 rings (SSSR count). The van der Waals surface area contributed by atoms with Gasteiger partial charge < -0.3 is 20.8 Å². The predicted octanol–water partition coefficient (Wildman–Crippen LogP) is 1.57. The third-order valence-corrected chi connectivity index (χ3v) is 3.65. The number of nitrogens with zero attached hydrogens (tertiary/aromatic N) is 1. The summed E-state index contributed by atoms with van der Waals surface area (Å²) in [7, 11) is 0. The van der Waals surface area contributed by atoms with Gasteiger partial charge in [0.2, 0.25) is 0 Å². The lowest BCUT2D eigenvalue weighted by Crippen LogP contribution is -2.36. The number of hydrogen-bond donors (Lipinski definition) is 3. The molecule has 0 radical (unpaired) electrons. The highest BCUT2D eigenvalue weighted by molar-refractivity contribution is 5.95. The molecular weight excluding hydrogens is 244 g/mol. The molecule has 0 bridgehead atoms. The molecule has 19 heavy (non-hydrogen) atoms. The van der Waals surface area contributed by atoms with Gasteiger partial charge in [-0.2, -0.15) is 0 Å². The van der Waals surface area contributed by atoms with Crippen molar-refractivity contribution in [2.75, 3.05) is 30.3 Å². The van der Waals surface area contributed by atoms with E-state index in [4.69, 9.17) is 10.8 Å². The highest BCUT2D eigenvalue weighted by Crippen LogP contribution is 2.29. The van der Waals surface area contributed by atoms with Crippen LogP contribution in [0.4, 0.5) is 11.4 Å². The van der Waals surface area contributed by atoms with Gasteiger partial charge in [-0.3, -0.25) is 0 Å². The predicted molar refractivity (Wildman–Crippen MR) is 74.5 cm³/mol. The van der Waals surface area contributed by atoms with Crippen molar-refractivity contribution >= 4 is 17.3 Å². The van der Waals surface area contributed by atoms with Gasteiger partial charge in [0, 0.05) is 25.4 Å². The topological polar surface area (TPSA) is 86.8 Å². The number of carboxylic acids is 1. The summed E-state index contributed by atoms with van der Waals surface area (Å²) in [5.74, 6) is -0.513. The summed E-state index contributed by atoms with van der Waals surface area (Å²) < 4.78 is 0. The highest BCUT2D eigenvalue weighted by Gasteiger charge is 2.23. The summed E-state index contributed by atoms with van der Waals surface area (Å²) in [6.45, 7) is 1.80. The number of carboxylic acid groups (broad SMARTS) is 1. The van der Waals surface area contributed by atoms with E-state index in [0.717, 1.165) is 32.4 Å². The summed E-state index contributed by atoms with van der Waals surface area (Å²) in [6, 6.07) is 4.90. The van der Waals surface area contributed by atoms with Gasteiger partial charge in [-0.05, 0) is 43.4 Å². The molecule has 1 aliphatic rings. The quantitative estimate of drug-likeness (QED) is 0.718. The van der Waals surface area contributed by atoms with E-state index in [2.05, 4.69) is 4.90 Å². The number of nitrogen functional groups attached to an aromatic ring is 1. The largest absolute Gasteiger partial charge is 0.478 e. The summed E-state index contributed by atoms with van der Waals surface area (Å²) >= 11 is 0. The van der Waals surface area contributed by atoms with Crippen LogP contribution < -0.4 is 10.6 Å². The smallest absolute Gasteiger partial charge is 0.337 e. The Morgan fingerprint density at radius 2 is 2.26 bits per heavy atom. The van der Waals surface area contributed by atoms with Crippen molar-refractivity contribution in [3.8, 4) is 0 Å². The van der Waals surface area contributed by atoms with Crippen molar-refractivity contribution in [3.63, 3.8) is 0 Å². The van der Waals surface area contributed by atoms with Crippen LogP contribution in [-0.2, 0) is 0 Å². The van der Waals surface area contributed by atoms with E-state index >= 15 is 0 Å². The minimum atomic E-state index is -0.931. The minimum absolute atomic E-state index is 0.182. The number of aliphatic hydroxyl groups excluding tert-OH is 1. The first kappa shape index (κ1) is 13.7. The number of aliphatic hydroxyl groups is 1. The molecule has 0 aromatic heterocycles. The Kier molecular flexibility index (Phi) is 4.27. The lowest BCUT2D eigenvalue weighted by Gasteiger charge is -2.35. The average molecular weight is 264 g/mol. The minimum Gasteiger partial charge on any atom is -0.478 e. The van der Waals surface area contributed by atoms with Crippen LogP contribution in [0.15, 0.2) is 18.2 Å². The van der Waals surface area contributed by atoms with Crippen LogP contribution in [0, 0.1) is 5.92 Å². The Hall–Kier alpha value is -1.75. The fourth-order valence-electron chi connectivity index (χ4n) is 2.69. The molecule has 1 aliphatic heterocycles. The average Bonchev–Trinajstić information content (AvgIpc) is 2.39. The van der Waals surface area contributed by atoms with E-state index in [1.807, 2.05) is 0 Å². The molecule has 5 nitrogen and oxygen atoms in total. The van der Waals surface area contributed by atoms with Crippen LogP contribution in [0.3, 0.4) is 0 Å². The van der Waals surface area contributed by atoms with Crippen molar-refractivity contribution in [2.24, 2.45) is 5.92 Å². The van der Waals surface area contributed by atoms with Gasteiger partial charge in [-0.1, -0.05) is 0 Å². The SMILES string of the molecule is Nc1ccc(C(=O)O)c(N2CCCC(CCO)C2)c1. The van der Waals surface area contributed by atoms with Gasteiger partial charge in [-0.25, -0.2) is 4.79 Å². The molecule has 0 aliphatic carbocycles. The maximum Gasteiger partial charge on any atom is 0.337 e. The first-order valence-corrected chi connectivity index (χ1v) is 6.60. The zero-order chi connectivity index (χ0) is 13.8. The van der Waals surface area contributed by atoms with Crippen molar-refractivity contribution in [3.05, 3.63) is 23.8 Å². The Morgan fingerprint density at radius 3 is 2.95 bits per heavy atom. The van der Waals surface area contributed by atoms with Gasteiger partial charge in [0.15, 0.2) is 0 Å². The second-order valence-electron chi connectivity index (χ2n) is 5.05.